The van der Waals surface area contributed by atoms with Gasteiger partial charge in [0.15, 0.2) is 0 Å². The van der Waals surface area contributed by atoms with Gasteiger partial charge in [-0.25, -0.2) is 0 Å². The quantitative estimate of drug-likeness (QED) is 0.466. The third-order valence-electron chi connectivity index (χ3n) is 0. The van der Waals surface area contributed by atoms with E-state index >= 15 is 0 Å². The van der Waals surface area contributed by atoms with Crippen LogP contribution >= 0.6 is 0 Å². The van der Waals surface area contributed by atoms with Crippen LogP contribution in [0, 0.1) is 0 Å². The predicted octanol–water partition coefficient (Wildman–Crippen LogP) is -0.0870. The van der Waals surface area contributed by atoms with E-state index in [1.807, 2.05) is 0 Å². The Labute approximate surface area is 43.1 Å². The molecule has 1 radical (unpaired) electrons. The number of rotatable bonds is 0. The van der Waals surface area contributed by atoms with E-state index in [0.717, 1.165) is 6.26 Å². The zero-order valence-corrected chi connectivity index (χ0v) is 4.66. The molecule has 6 heavy (non-hydrogen) atoms. The van der Waals surface area contributed by atoms with Crippen molar-refractivity contribution in [2.75, 3.05) is 6.26 Å². The molecule has 2 nitrogen and oxygen atoms in total. The van der Waals surface area contributed by atoms with E-state index < -0.39 is 8.26 Å². The van der Waals surface area contributed by atoms with Crippen LogP contribution in [0.1, 0.15) is 0 Å². The van der Waals surface area contributed by atoms with Gasteiger partial charge in [-0.05, 0) is 0 Å². The van der Waals surface area contributed by atoms with E-state index in [1.54, 1.807) is 0 Å². The number of hydrogen-bond donors (Lipinski definition) is 0. The summed E-state index contributed by atoms with van der Waals surface area (Å²) in [6.45, 7) is 0. The Morgan fingerprint density at radius 3 is 1.50 bits per heavy atom. The van der Waals surface area contributed by atoms with Gasteiger partial charge in [0.25, 0.3) is 0 Å². The Kier molecular flexibility index (Phi) is 4.10. The molecule has 0 bridgehead atoms. The van der Waals surface area contributed by atoms with E-state index in [1.165, 1.54) is 0 Å². The largest absolute Gasteiger partial charge is 0 e. The molecular formula is CH3CuFO2S. The average Bonchev–Trinajstić information content (AvgIpc) is 0.722. The fraction of sp³-hybridized carbons (Fsp3) is 1.00. The first-order chi connectivity index (χ1) is 2.00. The molecule has 0 aliphatic rings. The van der Waals surface area contributed by atoms with E-state index in [2.05, 4.69) is 14.9 Å². The van der Waals surface area contributed by atoms with Crippen LogP contribution in [-0.4, -0.2) is 14.7 Å². The van der Waals surface area contributed by atoms with E-state index in [0.29, 0.717) is 0 Å². The Hall–Kier alpha value is 0.399. The van der Waals surface area contributed by atoms with Gasteiger partial charge in [-0.2, -0.15) is 0 Å². The molecule has 0 aromatic carbocycles. The fourth-order valence-electron chi connectivity index (χ4n) is 0. The molecule has 0 saturated heterocycles. The average molecular weight is 162 g/mol. The van der Waals surface area contributed by atoms with Gasteiger partial charge >= 0.3 is 37.8 Å². The van der Waals surface area contributed by atoms with E-state index in [9.17, 15) is 8.42 Å². The molecule has 0 heterocycles. The summed E-state index contributed by atoms with van der Waals surface area (Å²) in [5.41, 5.74) is 0. The maximum Gasteiger partial charge on any atom is 0 e. The molecular weight excluding hydrogens is 159 g/mol. The van der Waals surface area contributed by atoms with Gasteiger partial charge < -0.3 is 0 Å². The van der Waals surface area contributed by atoms with Crippen molar-refractivity contribution in [2.45, 2.75) is 0 Å². The third-order valence-corrected chi connectivity index (χ3v) is 0. The molecule has 0 aromatic heterocycles. The van der Waals surface area contributed by atoms with Crippen molar-refractivity contribution in [1.82, 2.24) is 0 Å². The molecule has 0 aromatic rings. The van der Waals surface area contributed by atoms with Gasteiger partial charge in [-0.15, -0.1) is 0 Å². The number of hydrogen-bond acceptors (Lipinski definition) is 2. The molecule has 5 heteroatoms. The summed E-state index contributed by atoms with van der Waals surface area (Å²) in [5.74, 6) is 0. The Balaban J connectivity index is 0. The zero-order chi connectivity index (χ0) is 4.50. The smallest absolute Gasteiger partial charge is 0 e. The second-order valence-corrected chi connectivity index (χ2v) is 3.97. The Morgan fingerprint density at radius 2 is 1.50 bits per heavy atom. The van der Waals surface area contributed by atoms with Gasteiger partial charge in [0, 0.05) is 4.70 Å². The summed E-state index contributed by atoms with van der Waals surface area (Å²) >= 11 is 3.93. The second kappa shape index (κ2) is 2.55. The first-order valence-electron chi connectivity index (χ1n) is 0.865. The minimum atomic E-state index is -3.10. The van der Waals surface area contributed by atoms with Crippen molar-refractivity contribution in [3.8, 4) is 0 Å². The van der Waals surface area contributed by atoms with E-state index in [-0.39, 0.29) is 4.70 Å². The van der Waals surface area contributed by atoms with Crippen molar-refractivity contribution < 1.29 is 28.0 Å². The van der Waals surface area contributed by atoms with E-state index in [4.69, 9.17) is 0 Å². The minimum Gasteiger partial charge on any atom is 0 e. The predicted molar refractivity (Wildman–Crippen MR) is 16.0 cm³/mol. The molecule has 0 spiro atoms. The van der Waals surface area contributed by atoms with Crippen molar-refractivity contribution >= 4 is 8.26 Å². The summed E-state index contributed by atoms with van der Waals surface area (Å²) in [7, 11) is -3.10. The molecule has 0 N–H and O–H groups in total. The standard InChI is InChI=1S/CH3O2S.Cu.F/c1-4(2)3;;/h1H3;;. The summed E-state index contributed by atoms with van der Waals surface area (Å²) in [5, 5.41) is 0. The molecule has 0 saturated carbocycles. The second-order valence-electron chi connectivity index (χ2n) is 0.625. The van der Waals surface area contributed by atoms with Crippen LogP contribution < -0.4 is 0 Å². The summed E-state index contributed by atoms with van der Waals surface area (Å²) in [6.07, 6.45) is 0.965. The Bertz CT molecular complexity index is 96.7. The molecule has 0 rings (SSSR count). The molecule has 0 amide bonds. The first kappa shape index (κ1) is 9.64. The monoisotopic (exact) mass is 161 g/mol. The molecule has 0 aliphatic heterocycles. The Morgan fingerprint density at radius 1 is 1.50 bits per heavy atom. The van der Waals surface area contributed by atoms with Crippen LogP contribution in [0.2, 0.25) is 0 Å². The van der Waals surface area contributed by atoms with Crippen LogP contribution in [0.5, 0.6) is 0 Å². The van der Waals surface area contributed by atoms with Crippen molar-refractivity contribution in [3.05, 3.63) is 0 Å². The molecule has 0 aliphatic carbocycles. The maximum absolute atomic E-state index is 9.44. The van der Waals surface area contributed by atoms with Gasteiger partial charge in [0.05, 0.1) is 0 Å². The van der Waals surface area contributed by atoms with Gasteiger partial charge in [0.2, 0.25) is 0 Å². The van der Waals surface area contributed by atoms with Crippen molar-refractivity contribution in [3.63, 3.8) is 0 Å². The van der Waals surface area contributed by atoms with Crippen LogP contribution in [0.15, 0.2) is 0 Å². The zero-order valence-electron chi connectivity index (χ0n) is 2.90. The topological polar surface area (TPSA) is 34.1 Å². The van der Waals surface area contributed by atoms with Gasteiger partial charge in [0.1, 0.15) is 0 Å². The van der Waals surface area contributed by atoms with Crippen LogP contribution in [0.4, 0.5) is 4.70 Å². The molecule has 0 atom stereocenters. The van der Waals surface area contributed by atoms with Crippen LogP contribution in [0.25, 0.3) is 0 Å². The fourth-order valence-corrected chi connectivity index (χ4v) is 0. The minimum absolute atomic E-state index is 0. The van der Waals surface area contributed by atoms with Crippen molar-refractivity contribution in [2.24, 2.45) is 0 Å². The van der Waals surface area contributed by atoms with Crippen molar-refractivity contribution in [1.29, 1.82) is 0 Å². The third kappa shape index (κ3) is 319. The molecule has 0 unspecified atom stereocenters. The first-order valence-corrected chi connectivity index (χ1v) is 3.75. The SMILES string of the molecule is C[S](=O)(=O)[Cu].[F]. The summed E-state index contributed by atoms with van der Waals surface area (Å²) in [4.78, 5) is 0. The van der Waals surface area contributed by atoms with Gasteiger partial charge in [-0.1, -0.05) is 0 Å². The summed E-state index contributed by atoms with van der Waals surface area (Å²) in [6, 6.07) is 0. The maximum atomic E-state index is 9.44. The van der Waals surface area contributed by atoms with Crippen LogP contribution in [-0.2, 0) is 23.1 Å². The summed E-state index contributed by atoms with van der Waals surface area (Å²) < 4.78 is 18.9. The normalized spacial score (nSPS) is 9.83. The molecule has 43 valence electrons. The number of halogens is 1. The molecule has 0 fully saturated rings. The van der Waals surface area contributed by atoms with Gasteiger partial charge in [-0.3, -0.25) is 0 Å². The van der Waals surface area contributed by atoms with Crippen LogP contribution in [0.3, 0.4) is 0 Å².